The van der Waals surface area contributed by atoms with Crippen LogP contribution in [0.3, 0.4) is 0 Å². The highest BCUT2D eigenvalue weighted by Gasteiger charge is 2.31. The molecular weight excluding hydrogens is 408 g/mol. The average molecular weight is 443 g/mol. The van der Waals surface area contributed by atoms with Gasteiger partial charge in [0.1, 0.15) is 6.04 Å². The summed E-state index contributed by atoms with van der Waals surface area (Å²) in [4.78, 5) is 28.9. The maximum absolute atomic E-state index is 13.6. The molecule has 0 unspecified atom stereocenters. The number of nitrogens with zero attached hydrogens (tertiary/aromatic N) is 1. The summed E-state index contributed by atoms with van der Waals surface area (Å²) < 4.78 is 0. The summed E-state index contributed by atoms with van der Waals surface area (Å²) in [6.07, 6.45) is 1.56. The van der Waals surface area contributed by atoms with Gasteiger partial charge >= 0.3 is 0 Å². The molecule has 1 N–H and O–H groups in total. The number of benzene rings is 3. The topological polar surface area (TPSA) is 49.4 Å². The van der Waals surface area contributed by atoms with Crippen molar-refractivity contribution in [3.05, 3.63) is 107 Å². The van der Waals surface area contributed by atoms with Crippen LogP contribution in [0.25, 0.3) is 0 Å². The summed E-state index contributed by atoms with van der Waals surface area (Å²) >= 11 is 0. The van der Waals surface area contributed by atoms with Gasteiger partial charge in [0.05, 0.1) is 6.42 Å². The minimum Gasteiger partial charge on any atom is -0.352 e. The number of hydrogen-bond donors (Lipinski definition) is 1. The molecule has 3 rings (SSSR count). The Morgan fingerprint density at radius 1 is 0.848 bits per heavy atom. The van der Waals surface area contributed by atoms with Crippen LogP contribution in [0.4, 0.5) is 0 Å². The average Bonchev–Trinajstić information content (AvgIpc) is 2.82. The van der Waals surface area contributed by atoms with Crippen molar-refractivity contribution < 1.29 is 9.59 Å². The molecule has 0 spiro atoms. The van der Waals surface area contributed by atoms with Crippen LogP contribution in [0.5, 0.6) is 0 Å². The minimum absolute atomic E-state index is 0.0424. The number of carbonyl (C=O) groups is 2. The lowest BCUT2D eigenvalue weighted by molar-refractivity contribution is -0.141. The molecule has 4 heteroatoms. The van der Waals surface area contributed by atoms with Gasteiger partial charge in [-0.15, -0.1) is 0 Å². The van der Waals surface area contributed by atoms with Crippen LogP contribution >= 0.6 is 0 Å². The molecule has 0 aliphatic heterocycles. The molecular formula is C29H34N2O2. The zero-order valence-electron chi connectivity index (χ0n) is 19.8. The summed E-state index contributed by atoms with van der Waals surface area (Å²) in [5.41, 5.74) is 4.12. The van der Waals surface area contributed by atoms with Crippen LogP contribution in [0.15, 0.2) is 84.9 Å². The molecule has 0 saturated carbocycles. The molecule has 0 saturated heterocycles. The Morgan fingerprint density at radius 3 is 2.06 bits per heavy atom. The highest BCUT2D eigenvalue weighted by Crippen LogP contribution is 2.17. The van der Waals surface area contributed by atoms with Crippen LogP contribution in [0.1, 0.15) is 42.5 Å². The van der Waals surface area contributed by atoms with E-state index in [4.69, 9.17) is 0 Å². The van der Waals surface area contributed by atoms with E-state index in [-0.39, 0.29) is 24.3 Å². The second-order valence-corrected chi connectivity index (χ2v) is 8.70. The van der Waals surface area contributed by atoms with E-state index in [0.29, 0.717) is 13.0 Å². The standard InChI is InChI=1S/C29H34N2O2/c1-4-23(3)30-29(33)27(19-24-13-7-5-8-14-24)31(21-26-17-11-12-22(2)18-26)28(32)20-25-15-9-6-10-16-25/h5-18,23,27H,4,19-21H2,1-3H3,(H,30,33)/t23-,27+/m0/s1. The Morgan fingerprint density at radius 2 is 1.45 bits per heavy atom. The summed E-state index contributed by atoms with van der Waals surface area (Å²) in [7, 11) is 0. The monoisotopic (exact) mass is 442 g/mol. The van der Waals surface area contributed by atoms with Gasteiger partial charge in [-0.25, -0.2) is 0 Å². The van der Waals surface area contributed by atoms with Crippen molar-refractivity contribution in [2.45, 2.75) is 58.7 Å². The van der Waals surface area contributed by atoms with E-state index in [1.807, 2.05) is 99.6 Å². The molecule has 0 aliphatic rings. The van der Waals surface area contributed by atoms with Crippen molar-refractivity contribution >= 4 is 11.8 Å². The SMILES string of the molecule is CC[C@H](C)NC(=O)[C@@H](Cc1ccccc1)N(Cc1cccc(C)c1)C(=O)Cc1ccccc1. The molecule has 0 aliphatic carbocycles. The van der Waals surface area contributed by atoms with Crippen molar-refractivity contribution in [3.8, 4) is 0 Å². The Labute approximate surface area is 197 Å². The van der Waals surface area contributed by atoms with E-state index in [2.05, 4.69) is 11.4 Å². The number of aryl methyl sites for hydroxylation is 1. The molecule has 0 bridgehead atoms. The molecule has 0 aromatic heterocycles. The lowest BCUT2D eigenvalue weighted by Crippen LogP contribution is -2.52. The highest BCUT2D eigenvalue weighted by atomic mass is 16.2. The van der Waals surface area contributed by atoms with Gasteiger partial charge in [-0.1, -0.05) is 97.4 Å². The van der Waals surface area contributed by atoms with Crippen LogP contribution in [-0.4, -0.2) is 28.8 Å². The molecule has 3 aromatic carbocycles. The summed E-state index contributed by atoms with van der Waals surface area (Å²) in [5.74, 6) is -0.162. The zero-order valence-corrected chi connectivity index (χ0v) is 19.8. The van der Waals surface area contributed by atoms with Crippen LogP contribution in [-0.2, 0) is 29.0 Å². The maximum atomic E-state index is 13.6. The molecule has 172 valence electrons. The summed E-state index contributed by atoms with van der Waals surface area (Å²) in [5, 5.41) is 3.11. The van der Waals surface area contributed by atoms with Gasteiger partial charge in [0.15, 0.2) is 0 Å². The molecule has 4 nitrogen and oxygen atoms in total. The fraction of sp³-hybridized carbons (Fsp3) is 0.310. The highest BCUT2D eigenvalue weighted by molar-refractivity contribution is 5.89. The molecule has 0 heterocycles. The van der Waals surface area contributed by atoms with Crippen molar-refractivity contribution in [3.63, 3.8) is 0 Å². The lowest BCUT2D eigenvalue weighted by atomic mass is 10.0. The first-order chi connectivity index (χ1) is 16.0. The Kier molecular flexibility index (Phi) is 8.82. The van der Waals surface area contributed by atoms with Crippen LogP contribution in [0, 0.1) is 6.92 Å². The minimum atomic E-state index is -0.599. The maximum Gasteiger partial charge on any atom is 0.243 e. The van der Waals surface area contributed by atoms with Gasteiger partial charge in [-0.3, -0.25) is 9.59 Å². The fourth-order valence-corrected chi connectivity index (χ4v) is 3.87. The quantitative estimate of drug-likeness (QED) is 0.475. The summed E-state index contributed by atoms with van der Waals surface area (Å²) in [6, 6.07) is 27.2. The van der Waals surface area contributed by atoms with Crippen molar-refractivity contribution in [2.24, 2.45) is 0 Å². The predicted octanol–water partition coefficient (Wildman–Crippen LogP) is 5.09. The van der Waals surface area contributed by atoms with E-state index < -0.39 is 6.04 Å². The van der Waals surface area contributed by atoms with Crippen molar-refractivity contribution in [2.75, 3.05) is 0 Å². The largest absolute Gasteiger partial charge is 0.352 e. The van der Waals surface area contributed by atoms with Crippen molar-refractivity contribution in [1.29, 1.82) is 0 Å². The second kappa shape index (κ2) is 12.0. The van der Waals surface area contributed by atoms with E-state index in [1.54, 1.807) is 4.90 Å². The van der Waals surface area contributed by atoms with Gasteiger partial charge in [-0.2, -0.15) is 0 Å². The molecule has 0 fully saturated rings. The lowest BCUT2D eigenvalue weighted by Gasteiger charge is -2.32. The fourth-order valence-electron chi connectivity index (χ4n) is 3.87. The number of amides is 2. The van der Waals surface area contributed by atoms with Gasteiger partial charge < -0.3 is 10.2 Å². The van der Waals surface area contributed by atoms with Gasteiger partial charge in [0.25, 0.3) is 0 Å². The third kappa shape index (κ3) is 7.31. The number of nitrogens with one attached hydrogen (secondary N) is 1. The third-order valence-electron chi connectivity index (χ3n) is 5.91. The first-order valence-electron chi connectivity index (χ1n) is 11.7. The van der Waals surface area contributed by atoms with E-state index >= 15 is 0 Å². The van der Waals surface area contributed by atoms with E-state index in [9.17, 15) is 9.59 Å². The number of rotatable bonds is 10. The molecule has 0 radical (unpaired) electrons. The van der Waals surface area contributed by atoms with Crippen molar-refractivity contribution in [1.82, 2.24) is 10.2 Å². The molecule has 3 aromatic rings. The predicted molar refractivity (Wildman–Crippen MR) is 134 cm³/mol. The molecule has 33 heavy (non-hydrogen) atoms. The number of hydrogen-bond acceptors (Lipinski definition) is 2. The van der Waals surface area contributed by atoms with Gasteiger partial charge in [-0.05, 0) is 37.0 Å². The smallest absolute Gasteiger partial charge is 0.243 e. The summed E-state index contributed by atoms with van der Waals surface area (Å²) in [6.45, 7) is 6.46. The van der Waals surface area contributed by atoms with Gasteiger partial charge in [0, 0.05) is 19.0 Å². The molecule has 2 atom stereocenters. The number of carbonyl (C=O) groups excluding carboxylic acids is 2. The molecule has 2 amide bonds. The zero-order chi connectivity index (χ0) is 23.6. The first-order valence-corrected chi connectivity index (χ1v) is 11.7. The van der Waals surface area contributed by atoms with E-state index in [1.165, 1.54) is 0 Å². The Balaban J connectivity index is 1.96. The first kappa shape index (κ1) is 24.2. The van der Waals surface area contributed by atoms with Gasteiger partial charge in [0.2, 0.25) is 11.8 Å². The normalized spacial score (nSPS) is 12.6. The van der Waals surface area contributed by atoms with E-state index in [0.717, 1.165) is 28.7 Å². The Hall–Kier alpha value is -3.40. The second-order valence-electron chi connectivity index (χ2n) is 8.70. The van der Waals surface area contributed by atoms with Crippen LogP contribution < -0.4 is 5.32 Å². The Bertz CT molecular complexity index is 1030. The van der Waals surface area contributed by atoms with Crippen LogP contribution in [0.2, 0.25) is 0 Å². The third-order valence-corrected chi connectivity index (χ3v) is 5.91.